The van der Waals surface area contributed by atoms with Gasteiger partial charge in [0.1, 0.15) is 5.75 Å². The van der Waals surface area contributed by atoms with Gasteiger partial charge < -0.3 is 9.64 Å². The van der Waals surface area contributed by atoms with Gasteiger partial charge in [0.05, 0.1) is 17.3 Å². The number of methoxy groups -OCH3 is 1. The molecule has 0 aliphatic carbocycles. The molecular formula is C19H20BrNO4S. The Kier molecular flexibility index (Phi) is 5.67. The number of hydrogen-bond donors (Lipinski definition) is 0. The monoisotopic (exact) mass is 437 g/mol. The number of piperidine rings is 1. The Morgan fingerprint density at radius 2 is 1.62 bits per heavy atom. The molecule has 1 aliphatic rings. The third kappa shape index (κ3) is 3.94. The molecule has 0 N–H and O–H groups in total. The SMILES string of the molecule is COc1ccc(S(=O)(=O)C2CCN(C(=O)c3ccc(Br)cc3)CC2)cc1. The van der Waals surface area contributed by atoms with E-state index in [2.05, 4.69) is 15.9 Å². The Balaban J connectivity index is 1.67. The average molecular weight is 438 g/mol. The summed E-state index contributed by atoms with van der Waals surface area (Å²) in [5, 5.41) is -0.468. The van der Waals surface area contributed by atoms with Crippen LogP contribution in [-0.4, -0.2) is 44.7 Å². The van der Waals surface area contributed by atoms with E-state index in [1.165, 1.54) is 0 Å². The first-order valence-corrected chi connectivity index (χ1v) is 10.7. The van der Waals surface area contributed by atoms with Gasteiger partial charge in [-0.1, -0.05) is 15.9 Å². The largest absolute Gasteiger partial charge is 0.497 e. The van der Waals surface area contributed by atoms with Crippen LogP contribution in [0.4, 0.5) is 0 Å². The van der Waals surface area contributed by atoms with Crippen LogP contribution < -0.4 is 4.74 Å². The van der Waals surface area contributed by atoms with Crippen molar-refractivity contribution < 1.29 is 17.9 Å². The Morgan fingerprint density at radius 1 is 1.04 bits per heavy atom. The summed E-state index contributed by atoms with van der Waals surface area (Å²) in [5.41, 5.74) is 0.615. The minimum absolute atomic E-state index is 0.0576. The maximum Gasteiger partial charge on any atom is 0.253 e. The summed E-state index contributed by atoms with van der Waals surface area (Å²) in [6, 6.07) is 13.7. The summed E-state index contributed by atoms with van der Waals surface area (Å²) >= 11 is 3.35. The van der Waals surface area contributed by atoms with Crippen LogP contribution >= 0.6 is 15.9 Å². The number of benzene rings is 2. The molecule has 1 saturated heterocycles. The maximum absolute atomic E-state index is 12.8. The number of rotatable bonds is 4. The smallest absolute Gasteiger partial charge is 0.253 e. The van der Waals surface area contributed by atoms with Gasteiger partial charge >= 0.3 is 0 Å². The van der Waals surface area contributed by atoms with Crippen molar-refractivity contribution >= 4 is 31.7 Å². The highest BCUT2D eigenvalue weighted by Gasteiger charge is 2.32. The van der Waals surface area contributed by atoms with E-state index in [9.17, 15) is 13.2 Å². The summed E-state index contributed by atoms with van der Waals surface area (Å²) in [6.07, 6.45) is 0.882. The standard InChI is InChI=1S/C19H20BrNO4S/c1-25-16-6-8-17(9-7-16)26(23,24)18-10-12-21(13-11-18)19(22)14-2-4-15(20)5-3-14/h2-9,18H,10-13H2,1H3. The fourth-order valence-electron chi connectivity index (χ4n) is 3.10. The molecule has 0 atom stereocenters. The molecule has 3 rings (SSSR count). The molecule has 1 heterocycles. The normalized spacial score (nSPS) is 15.7. The highest BCUT2D eigenvalue weighted by molar-refractivity contribution is 9.10. The molecule has 2 aromatic rings. The van der Waals surface area contributed by atoms with Crippen LogP contribution in [0.3, 0.4) is 0 Å². The van der Waals surface area contributed by atoms with E-state index < -0.39 is 15.1 Å². The first-order chi connectivity index (χ1) is 12.4. The maximum atomic E-state index is 12.8. The Bertz CT molecular complexity index is 871. The molecule has 138 valence electrons. The van der Waals surface area contributed by atoms with E-state index in [1.54, 1.807) is 48.4 Å². The first kappa shape index (κ1) is 18.9. The van der Waals surface area contributed by atoms with Crippen molar-refractivity contribution in [2.45, 2.75) is 23.0 Å². The lowest BCUT2D eigenvalue weighted by atomic mass is 10.1. The number of sulfone groups is 1. The predicted octanol–water partition coefficient (Wildman–Crippen LogP) is 3.54. The number of carbonyl (C=O) groups excluding carboxylic acids is 1. The third-order valence-electron chi connectivity index (χ3n) is 4.65. The zero-order valence-corrected chi connectivity index (χ0v) is 16.8. The van der Waals surface area contributed by atoms with E-state index >= 15 is 0 Å². The van der Waals surface area contributed by atoms with Gasteiger partial charge in [0.2, 0.25) is 0 Å². The van der Waals surface area contributed by atoms with Crippen molar-refractivity contribution in [3.63, 3.8) is 0 Å². The van der Waals surface area contributed by atoms with E-state index in [-0.39, 0.29) is 5.91 Å². The van der Waals surface area contributed by atoms with E-state index in [0.717, 1.165) is 4.47 Å². The lowest BCUT2D eigenvalue weighted by Crippen LogP contribution is -2.42. The van der Waals surface area contributed by atoms with Gasteiger partial charge in [-0.25, -0.2) is 8.42 Å². The molecule has 2 aromatic carbocycles. The zero-order valence-electron chi connectivity index (χ0n) is 14.4. The van der Waals surface area contributed by atoms with Crippen molar-refractivity contribution in [3.8, 4) is 5.75 Å². The van der Waals surface area contributed by atoms with Gasteiger partial charge in [0.15, 0.2) is 9.84 Å². The zero-order chi connectivity index (χ0) is 18.7. The lowest BCUT2D eigenvalue weighted by Gasteiger charge is -2.31. The van der Waals surface area contributed by atoms with Crippen LogP contribution in [-0.2, 0) is 9.84 Å². The van der Waals surface area contributed by atoms with Crippen molar-refractivity contribution in [1.82, 2.24) is 4.90 Å². The Hall–Kier alpha value is -1.86. The molecule has 0 saturated carbocycles. The average Bonchev–Trinajstić information content (AvgIpc) is 2.68. The fraction of sp³-hybridized carbons (Fsp3) is 0.316. The molecule has 5 nitrogen and oxygen atoms in total. The van der Waals surface area contributed by atoms with Crippen LogP contribution in [0, 0.1) is 0 Å². The molecule has 1 amide bonds. The summed E-state index contributed by atoms with van der Waals surface area (Å²) < 4.78 is 31.6. The van der Waals surface area contributed by atoms with Crippen LogP contribution in [0.2, 0.25) is 0 Å². The highest BCUT2D eigenvalue weighted by Crippen LogP contribution is 2.26. The molecule has 0 bridgehead atoms. The summed E-state index contributed by atoms with van der Waals surface area (Å²) in [4.78, 5) is 14.6. The minimum Gasteiger partial charge on any atom is -0.497 e. The van der Waals surface area contributed by atoms with Crippen LogP contribution in [0.25, 0.3) is 0 Å². The summed E-state index contributed by atoms with van der Waals surface area (Å²) in [5.74, 6) is 0.566. The van der Waals surface area contributed by atoms with Crippen LogP contribution in [0.1, 0.15) is 23.2 Å². The van der Waals surface area contributed by atoms with Crippen molar-refractivity contribution in [2.75, 3.05) is 20.2 Å². The molecule has 0 radical (unpaired) electrons. The fourth-order valence-corrected chi connectivity index (χ4v) is 5.10. The predicted molar refractivity (Wildman–Crippen MR) is 103 cm³/mol. The second-order valence-corrected chi connectivity index (χ2v) is 9.36. The molecule has 0 unspecified atom stereocenters. The van der Waals surface area contributed by atoms with E-state index in [0.29, 0.717) is 42.1 Å². The molecular weight excluding hydrogens is 418 g/mol. The van der Waals surface area contributed by atoms with E-state index in [4.69, 9.17) is 4.74 Å². The molecule has 0 spiro atoms. The van der Waals surface area contributed by atoms with Crippen LogP contribution in [0.15, 0.2) is 57.9 Å². The molecule has 26 heavy (non-hydrogen) atoms. The number of hydrogen-bond acceptors (Lipinski definition) is 4. The van der Waals surface area contributed by atoms with Gasteiger partial charge in [0.25, 0.3) is 5.91 Å². The van der Waals surface area contributed by atoms with Crippen LogP contribution in [0.5, 0.6) is 5.75 Å². The lowest BCUT2D eigenvalue weighted by molar-refractivity contribution is 0.0725. The summed E-state index contributed by atoms with van der Waals surface area (Å²) in [6.45, 7) is 0.879. The topological polar surface area (TPSA) is 63.7 Å². The Labute approximate surface area is 162 Å². The third-order valence-corrected chi connectivity index (χ3v) is 7.45. The molecule has 7 heteroatoms. The molecule has 1 aliphatic heterocycles. The van der Waals surface area contributed by atoms with Gasteiger partial charge in [-0.05, 0) is 61.4 Å². The number of carbonyl (C=O) groups is 1. The number of amides is 1. The molecule has 0 aromatic heterocycles. The number of nitrogens with zero attached hydrogens (tertiary/aromatic N) is 1. The number of likely N-dealkylation sites (tertiary alicyclic amines) is 1. The quantitative estimate of drug-likeness (QED) is 0.733. The Morgan fingerprint density at radius 3 is 2.15 bits per heavy atom. The number of halogens is 1. The van der Waals surface area contributed by atoms with Gasteiger partial charge in [-0.2, -0.15) is 0 Å². The van der Waals surface area contributed by atoms with Crippen molar-refractivity contribution in [2.24, 2.45) is 0 Å². The van der Waals surface area contributed by atoms with Crippen molar-refractivity contribution in [1.29, 1.82) is 0 Å². The van der Waals surface area contributed by atoms with Gasteiger partial charge in [-0.3, -0.25) is 4.79 Å². The second-order valence-electron chi connectivity index (χ2n) is 6.22. The highest BCUT2D eigenvalue weighted by atomic mass is 79.9. The first-order valence-electron chi connectivity index (χ1n) is 8.34. The summed E-state index contributed by atoms with van der Waals surface area (Å²) in [7, 11) is -1.86. The molecule has 1 fully saturated rings. The van der Waals surface area contributed by atoms with Gasteiger partial charge in [-0.15, -0.1) is 0 Å². The van der Waals surface area contributed by atoms with Gasteiger partial charge in [0, 0.05) is 23.1 Å². The minimum atomic E-state index is -3.41. The van der Waals surface area contributed by atoms with E-state index in [1.807, 2.05) is 12.1 Å². The van der Waals surface area contributed by atoms with Crippen molar-refractivity contribution in [3.05, 3.63) is 58.6 Å². The second kappa shape index (κ2) is 7.80. The number of ether oxygens (including phenoxy) is 1.